The van der Waals surface area contributed by atoms with E-state index in [0.29, 0.717) is 6.61 Å². The summed E-state index contributed by atoms with van der Waals surface area (Å²) in [5.41, 5.74) is 0. The molecule has 0 rings (SSSR count). The molecule has 0 saturated heterocycles. The average Bonchev–Trinajstić information content (AvgIpc) is 2.42. The van der Waals surface area contributed by atoms with Crippen molar-refractivity contribution in [2.45, 2.75) is 76.5 Å². The molecule has 0 heterocycles. The number of hydrogen-bond acceptors (Lipinski definition) is 4. The minimum Gasteiger partial charge on any atom is -0.480 e. The first-order chi connectivity index (χ1) is 9.99. The maximum absolute atomic E-state index is 11.4. The first kappa shape index (κ1) is 20.1. The first-order valence-electron chi connectivity index (χ1n) is 7.83. The fourth-order valence-electron chi connectivity index (χ4n) is 1.96. The molecule has 0 aliphatic heterocycles. The molecule has 0 aromatic heterocycles. The minimum atomic E-state index is -1.11. The largest absolute Gasteiger partial charge is 0.480 e. The van der Waals surface area contributed by atoms with Crippen LogP contribution in [0.5, 0.6) is 0 Å². The molecule has 0 aromatic carbocycles. The van der Waals surface area contributed by atoms with Gasteiger partial charge in [-0.2, -0.15) is 12.6 Å². The number of hydrogen-bond donors (Lipinski definition) is 3. The van der Waals surface area contributed by atoms with Gasteiger partial charge in [0.1, 0.15) is 6.04 Å². The number of nitrogens with one attached hydrogen (secondary N) is 1. The Bertz CT molecular complexity index is 297. The highest BCUT2D eigenvalue weighted by atomic mass is 32.1. The second kappa shape index (κ2) is 12.8. The van der Waals surface area contributed by atoms with E-state index in [0.717, 1.165) is 19.3 Å². The summed E-state index contributed by atoms with van der Waals surface area (Å²) in [6, 6.07) is -1.03. The molecule has 0 aromatic rings. The van der Waals surface area contributed by atoms with Crippen LogP contribution >= 0.6 is 12.6 Å². The minimum absolute atomic E-state index is 0.327. The number of carbonyl (C=O) groups is 2. The molecular formula is C15H29NO4S. The van der Waals surface area contributed by atoms with Gasteiger partial charge in [0.2, 0.25) is 0 Å². The first-order valence-corrected chi connectivity index (χ1v) is 8.34. The number of rotatable bonds is 12. The summed E-state index contributed by atoms with van der Waals surface area (Å²) in [6.07, 6.45) is 8.67. The van der Waals surface area contributed by atoms with E-state index in [1.807, 2.05) is 0 Å². The number of carbonyl (C=O) groups excluding carboxylic acids is 1. The summed E-state index contributed by atoms with van der Waals surface area (Å²) < 4.78 is 4.97. The Balaban J connectivity index is 3.55. The smallest absolute Gasteiger partial charge is 0.407 e. The van der Waals surface area contributed by atoms with E-state index in [9.17, 15) is 9.59 Å². The molecule has 6 heteroatoms. The van der Waals surface area contributed by atoms with E-state index in [1.165, 1.54) is 32.1 Å². The van der Waals surface area contributed by atoms with E-state index in [4.69, 9.17) is 9.84 Å². The monoisotopic (exact) mass is 319 g/mol. The highest BCUT2D eigenvalue weighted by molar-refractivity contribution is 7.81. The van der Waals surface area contributed by atoms with Gasteiger partial charge in [0.15, 0.2) is 0 Å². The Hall–Kier alpha value is -0.910. The Kier molecular flexibility index (Phi) is 12.2. The van der Waals surface area contributed by atoms with Crippen LogP contribution < -0.4 is 5.32 Å². The van der Waals surface area contributed by atoms with Crippen molar-refractivity contribution in [3.05, 3.63) is 0 Å². The van der Waals surface area contributed by atoms with Crippen LogP contribution in [0.15, 0.2) is 0 Å². The standard InChI is InChI=1S/C15H29NO4S/c1-3-4-5-6-7-8-9-10-11-20-15(19)16-13(12(2)21)14(17)18/h12-13,21H,3-11H2,1-2H3,(H,16,19)(H,17,18). The topological polar surface area (TPSA) is 75.6 Å². The van der Waals surface area contributed by atoms with Crippen LogP contribution in [0.1, 0.15) is 65.2 Å². The maximum Gasteiger partial charge on any atom is 0.407 e. The Morgan fingerprint density at radius 1 is 1.10 bits per heavy atom. The summed E-state index contributed by atoms with van der Waals surface area (Å²) in [6.45, 7) is 4.14. The molecule has 1 amide bonds. The van der Waals surface area contributed by atoms with Crippen molar-refractivity contribution in [2.24, 2.45) is 0 Å². The van der Waals surface area contributed by atoms with Crippen molar-refractivity contribution >= 4 is 24.7 Å². The lowest BCUT2D eigenvalue weighted by Crippen LogP contribution is -2.46. The lowest BCUT2D eigenvalue weighted by molar-refractivity contribution is -0.139. The highest BCUT2D eigenvalue weighted by Gasteiger charge is 2.24. The molecule has 5 nitrogen and oxygen atoms in total. The third kappa shape index (κ3) is 11.4. The van der Waals surface area contributed by atoms with E-state index >= 15 is 0 Å². The van der Waals surface area contributed by atoms with Crippen LogP contribution in [0.2, 0.25) is 0 Å². The Morgan fingerprint density at radius 3 is 2.10 bits per heavy atom. The van der Waals surface area contributed by atoms with Crippen LogP contribution in [0.3, 0.4) is 0 Å². The number of ether oxygens (including phenoxy) is 1. The SMILES string of the molecule is CCCCCCCCCCOC(=O)NC(C(=O)O)C(C)S. The zero-order valence-electron chi connectivity index (χ0n) is 13.1. The third-order valence-electron chi connectivity index (χ3n) is 3.25. The predicted octanol–water partition coefficient (Wildman–Crippen LogP) is 3.62. The lowest BCUT2D eigenvalue weighted by atomic mass is 10.1. The van der Waals surface area contributed by atoms with Crippen LogP contribution in [0.4, 0.5) is 4.79 Å². The fourth-order valence-corrected chi connectivity index (χ4v) is 2.16. The molecule has 2 N–H and O–H groups in total. The summed E-state index contributed by atoms with van der Waals surface area (Å²) in [4.78, 5) is 22.3. The van der Waals surface area contributed by atoms with E-state index in [2.05, 4.69) is 24.9 Å². The molecule has 0 aliphatic rings. The molecular weight excluding hydrogens is 290 g/mol. The quantitative estimate of drug-likeness (QED) is 0.379. The molecule has 2 atom stereocenters. The van der Waals surface area contributed by atoms with Crippen molar-refractivity contribution < 1.29 is 19.4 Å². The average molecular weight is 319 g/mol. The van der Waals surface area contributed by atoms with Gasteiger partial charge >= 0.3 is 12.1 Å². The van der Waals surface area contributed by atoms with E-state index < -0.39 is 23.4 Å². The normalized spacial score (nSPS) is 13.5. The van der Waals surface area contributed by atoms with Crippen molar-refractivity contribution in [2.75, 3.05) is 6.61 Å². The summed E-state index contributed by atoms with van der Waals surface area (Å²) in [7, 11) is 0. The highest BCUT2D eigenvalue weighted by Crippen LogP contribution is 2.08. The molecule has 0 aliphatic carbocycles. The number of carboxylic acid groups (broad SMARTS) is 1. The van der Waals surface area contributed by atoms with Gasteiger partial charge < -0.3 is 15.2 Å². The number of thiol groups is 1. The van der Waals surface area contributed by atoms with Gasteiger partial charge in [-0.3, -0.25) is 0 Å². The summed E-state index contributed by atoms with van der Waals surface area (Å²) >= 11 is 4.03. The molecule has 0 spiro atoms. The number of alkyl carbamates (subject to hydrolysis) is 1. The zero-order valence-corrected chi connectivity index (χ0v) is 14.0. The Labute approximate surface area is 133 Å². The van der Waals surface area contributed by atoms with Gasteiger partial charge in [-0.05, 0) is 6.42 Å². The number of carboxylic acids is 1. The van der Waals surface area contributed by atoms with E-state index in [1.54, 1.807) is 6.92 Å². The summed E-state index contributed by atoms with van der Waals surface area (Å²) in [5.74, 6) is -1.11. The predicted molar refractivity (Wildman–Crippen MR) is 87.0 cm³/mol. The second-order valence-corrected chi connectivity index (χ2v) is 6.13. The Morgan fingerprint density at radius 2 is 1.62 bits per heavy atom. The number of amides is 1. The lowest BCUT2D eigenvalue weighted by Gasteiger charge is -2.16. The molecule has 0 radical (unpaired) electrons. The van der Waals surface area contributed by atoms with Crippen LogP contribution in [0.25, 0.3) is 0 Å². The van der Waals surface area contributed by atoms with Crippen LogP contribution in [-0.4, -0.2) is 35.1 Å². The van der Waals surface area contributed by atoms with Gasteiger partial charge in [0.05, 0.1) is 6.61 Å². The van der Waals surface area contributed by atoms with Gasteiger partial charge in [-0.1, -0.05) is 58.8 Å². The second-order valence-electron chi connectivity index (χ2n) is 5.31. The molecule has 0 fully saturated rings. The van der Waals surface area contributed by atoms with Gasteiger partial charge in [0, 0.05) is 5.25 Å². The zero-order chi connectivity index (χ0) is 16.1. The molecule has 0 bridgehead atoms. The van der Waals surface area contributed by atoms with Crippen molar-refractivity contribution in [1.29, 1.82) is 0 Å². The molecule has 21 heavy (non-hydrogen) atoms. The van der Waals surface area contributed by atoms with Gasteiger partial charge in [0.25, 0.3) is 0 Å². The van der Waals surface area contributed by atoms with Gasteiger partial charge in [-0.25, -0.2) is 9.59 Å². The van der Waals surface area contributed by atoms with Crippen molar-refractivity contribution in [3.8, 4) is 0 Å². The van der Waals surface area contributed by atoms with Crippen molar-refractivity contribution in [3.63, 3.8) is 0 Å². The van der Waals surface area contributed by atoms with E-state index in [-0.39, 0.29) is 0 Å². The van der Waals surface area contributed by atoms with Crippen LogP contribution in [-0.2, 0) is 9.53 Å². The molecule has 124 valence electrons. The van der Waals surface area contributed by atoms with Crippen LogP contribution in [0, 0.1) is 0 Å². The third-order valence-corrected chi connectivity index (χ3v) is 3.55. The van der Waals surface area contributed by atoms with Gasteiger partial charge in [-0.15, -0.1) is 0 Å². The fraction of sp³-hybridized carbons (Fsp3) is 0.867. The number of unbranched alkanes of at least 4 members (excludes halogenated alkanes) is 7. The summed E-state index contributed by atoms with van der Waals surface area (Å²) in [5, 5.41) is 10.7. The molecule has 0 saturated carbocycles. The maximum atomic E-state index is 11.4. The molecule has 2 unspecified atom stereocenters. The number of aliphatic carboxylic acids is 1. The van der Waals surface area contributed by atoms with Crippen molar-refractivity contribution in [1.82, 2.24) is 5.32 Å².